The number of carbonyl (C=O) groups excluding carboxylic acids is 1. The first-order valence-corrected chi connectivity index (χ1v) is 9.28. The first-order chi connectivity index (χ1) is 10.7. The van der Waals surface area contributed by atoms with E-state index >= 15 is 0 Å². The van der Waals surface area contributed by atoms with Gasteiger partial charge in [-0.15, -0.1) is 0 Å². The maximum atomic E-state index is 12.6. The van der Waals surface area contributed by atoms with Crippen LogP contribution in [-0.4, -0.2) is 50.2 Å². The highest BCUT2D eigenvalue weighted by Gasteiger charge is 2.30. The lowest BCUT2D eigenvalue weighted by Crippen LogP contribution is -2.40. The Morgan fingerprint density at radius 2 is 2.13 bits per heavy atom. The molecule has 0 aliphatic carbocycles. The van der Waals surface area contributed by atoms with Crippen LogP contribution >= 0.6 is 0 Å². The molecule has 1 aromatic heterocycles. The first-order valence-electron chi connectivity index (χ1n) is 7.46. The largest absolute Gasteiger partial charge is 0.383 e. The Kier molecular flexibility index (Phi) is 5.26. The van der Waals surface area contributed by atoms with Crippen LogP contribution in [0.2, 0.25) is 0 Å². The van der Waals surface area contributed by atoms with Gasteiger partial charge in [-0.25, -0.2) is 8.42 Å². The summed E-state index contributed by atoms with van der Waals surface area (Å²) in [4.78, 5) is 25.0. The minimum absolute atomic E-state index is 0.0657. The fourth-order valence-electron chi connectivity index (χ4n) is 2.83. The van der Waals surface area contributed by atoms with Crippen molar-refractivity contribution in [3.8, 4) is 0 Å². The van der Waals surface area contributed by atoms with E-state index in [1.165, 1.54) is 4.57 Å². The number of hydrogen-bond donors (Lipinski definition) is 1. The summed E-state index contributed by atoms with van der Waals surface area (Å²) in [6.45, 7) is 4.23. The number of methoxy groups -OCH3 is 1. The average molecular weight is 342 g/mol. The molecule has 128 valence electrons. The Hall–Kier alpha value is -1.67. The van der Waals surface area contributed by atoms with Gasteiger partial charge in [0.25, 0.3) is 11.5 Å². The van der Waals surface area contributed by atoms with Crippen molar-refractivity contribution in [2.24, 2.45) is 0 Å². The number of aryl methyl sites for hydroxylation is 2. The van der Waals surface area contributed by atoms with Crippen LogP contribution in [0.3, 0.4) is 0 Å². The molecular weight excluding hydrogens is 320 g/mol. The highest BCUT2D eigenvalue weighted by atomic mass is 32.2. The molecule has 1 unspecified atom stereocenters. The second-order valence-electron chi connectivity index (χ2n) is 5.87. The number of nitrogens with one attached hydrogen (secondary N) is 1. The molecule has 1 atom stereocenters. The molecule has 0 bridgehead atoms. The molecule has 7 nitrogen and oxygen atoms in total. The number of hydrogen-bond acceptors (Lipinski definition) is 5. The Bertz CT molecular complexity index is 767. The van der Waals surface area contributed by atoms with Gasteiger partial charge in [-0.2, -0.15) is 0 Å². The summed E-state index contributed by atoms with van der Waals surface area (Å²) in [6, 6.07) is 1.34. The number of rotatable bonds is 5. The molecule has 1 fully saturated rings. The van der Waals surface area contributed by atoms with Gasteiger partial charge in [-0.1, -0.05) is 0 Å². The van der Waals surface area contributed by atoms with Gasteiger partial charge in [0.05, 0.1) is 18.1 Å². The normalized spacial score (nSPS) is 19.7. The molecule has 0 aromatic carbocycles. The second kappa shape index (κ2) is 6.84. The lowest BCUT2D eigenvalue weighted by molar-refractivity contribution is 0.0938. The summed E-state index contributed by atoms with van der Waals surface area (Å²) in [5.74, 6) is -0.509. The minimum Gasteiger partial charge on any atom is -0.383 e. The second-order valence-corrected chi connectivity index (χ2v) is 8.10. The van der Waals surface area contributed by atoms with Crippen LogP contribution in [0.25, 0.3) is 0 Å². The van der Waals surface area contributed by atoms with Crippen LogP contribution in [0.5, 0.6) is 0 Å². The van der Waals surface area contributed by atoms with Gasteiger partial charge in [0.1, 0.15) is 5.56 Å². The van der Waals surface area contributed by atoms with Crippen molar-refractivity contribution in [2.75, 3.05) is 25.2 Å². The first kappa shape index (κ1) is 17.7. The highest BCUT2D eigenvalue weighted by Crippen LogP contribution is 2.13. The van der Waals surface area contributed by atoms with Gasteiger partial charge >= 0.3 is 0 Å². The van der Waals surface area contributed by atoms with Crippen molar-refractivity contribution >= 4 is 15.7 Å². The predicted molar refractivity (Wildman–Crippen MR) is 86.6 cm³/mol. The lowest BCUT2D eigenvalue weighted by Gasteiger charge is -2.16. The zero-order chi connectivity index (χ0) is 17.2. The van der Waals surface area contributed by atoms with Crippen molar-refractivity contribution in [1.29, 1.82) is 0 Å². The molecule has 0 radical (unpaired) electrons. The van der Waals surface area contributed by atoms with E-state index in [-0.39, 0.29) is 22.6 Å². The van der Waals surface area contributed by atoms with Crippen molar-refractivity contribution in [1.82, 2.24) is 9.88 Å². The van der Waals surface area contributed by atoms with Crippen LogP contribution in [0.4, 0.5) is 0 Å². The Morgan fingerprint density at radius 3 is 2.70 bits per heavy atom. The number of carbonyl (C=O) groups is 1. The molecule has 8 heteroatoms. The van der Waals surface area contributed by atoms with Gasteiger partial charge in [-0.3, -0.25) is 9.59 Å². The zero-order valence-corrected chi connectivity index (χ0v) is 14.4. The Labute approximate surface area is 135 Å². The van der Waals surface area contributed by atoms with Gasteiger partial charge in [0.15, 0.2) is 9.84 Å². The molecule has 0 saturated carbocycles. The molecule has 1 amide bonds. The third-order valence-corrected chi connectivity index (χ3v) is 5.79. The molecule has 23 heavy (non-hydrogen) atoms. The summed E-state index contributed by atoms with van der Waals surface area (Å²) in [7, 11) is -1.54. The molecule has 1 aliphatic rings. The van der Waals surface area contributed by atoms with Crippen molar-refractivity contribution in [2.45, 2.75) is 32.9 Å². The highest BCUT2D eigenvalue weighted by molar-refractivity contribution is 7.91. The van der Waals surface area contributed by atoms with Gasteiger partial charge in [0.2, 0.25) is 0 Å². The van der Waals surface area contributed by atoms with Crippen LogP contribution in [0.15, 0.2) is 10.9 Å². The van der Waals surface area contributed by atoms with E-state index in [1.807, 2.05) is 0 Å². The lowest BCUT2D eigenvalue weighted by atomic mass is 10.1. The van der Waals surface area contributed by atoms with E-state index in [9.17, 15) is 18.0 Å². The average Bonchev–Trinajstić information content (AvgIpc) is 2.77. The maximum absolute atomic E-state index is 12.6. The van der Waals surface area contributed by atoms with Gasteiger partial charge in [-0.05, 0) is 31.9 Å². The van der Waals surface area contributed by atoms with Crippen LogP contribution in [0, 0.1) is 13.8 Å². The van der Waals surface area contributed by atoms with E-state index in [4.69, 9.17) is 4.74 Å². The third kappa shape index (κ3) is 4.00. The standard InChI is InChI=1S/C15H22N2O5S/c1-10-8-11(2)17(5-6-22-3)15(19)13(10)14(18)16-12-4-7-23(20,21)9-12/h8,12H,4-7,9H2,1-3H3,(H,16,18). The summed E-state index contributed by atoms with van der Waals surface area (Å²) >= 11 is 0. The Morgan fingerprint density at radius 1 is 1.43 bits per heavy atom. The van der Waals surface area contributed by atoms with Gasteiger partial charge < -0.3 is 14.6 Å². The van der Waals surface area contributed by atoms with E-state index in [1.54, 1.807) is 27.0 Å². The number of aromatic nitrogens is 1. The monoisotopic (exact) mass is 342 g/mol. The van der Waals surface area contributed by atoms with Crippen molar-refractivity contribution in [3.63, 3.8) is 0 Å². The Balaban J connectivity index is 2.28. The fraction of sp³-hybridized carbons (Fsp3) is 0.600. The van der Waals surface area contributed by atoms with E-state index < -0.39 is 21.8 Å². The molecule has 1 aliphatic heterocycles. The number of sulfone groups is 1. The van der Waals surface area contributed by atoms with E-state index in [0.29, 0.717) is 25.1 Å². The summed E-state index contributed by atoms with van der Waals surface area (Å²) < 4.78 is 29.4. The van der Waals surface area contributed by atoms with Crippen LogP contribution in [0.1, 0.15) is 28.0 Å². The molecule has 1 aromatic rings. The van der Waals surface area contributed by atoms with E-state index in [2.05, 4.69) is 5.32 Å². The topological polar surface area (TPSA) is 94.5 Å². The summed E-state index contributed by atoms with van der Waals surface area (Å²) in [6.07, 6.45) is 0.386. The molecule has 0 spiro atoms. The number of amides is 1. The van der Waals surface area contributed by atoms with Crippen molar-refractivity contribution < 1.29 is 17.9 Å². The number of ether oxygens (including phenoxy) is 1. The van der Waals surface area contributed by atoms with E-state index in [0.717, 1.165) is 5.69 Å². The number of pyridine rings is 1. The van der Waals surface area contributed by atoms with Crippen LogP contribution in [-0.2, 0) is 21.1 Å². The number of nitrogens with zero attached hydrogens (tertiary/aromatic N) is 1. The SMILES string of the molecule is COCCn1c(C)cc(C)c(C(=O)NC2CCS(=O)(=O)C2)c1=O. The third-order valence-electron chi connectivity index (χ3n) is 4.02. The molecular formula is C15H22N2O5S. The van der Waals surface area contributed by atoms with Gasteiger partial charge in [0, 0.05) is 25.4 Å². The molecule has 1 N–H and O–H groups in total. The van der Waals surface area contributed by atoms with Crippen molar-refractivity contribution in [3.05, 3.63) is 33.2 Å². The quantitative estimate of drug-likeness (QED) is 0.815. The summed E-state index contributed by atoms with van der Waals surface area (Å²) in [5, 5.41) is 2.67. The molecule has 2 heterocycles. The molecule has 2 rings (SSSR count). The minimum atomic E-state index is -3.08. The smallest absolute Gasteiger partial charge is 0.263 e. The zero-order valence-electron chi connectivity index (χ0n) is 13.6. The summed E-state index contributed by atoms with van der Waals surface area (Å²) in [5.41, 5.74) is 1.03. The van der Waals surface area contributed by atoms with Crippen LogP contribution < -0.4 is 10.9 Å². The predicted octanol–water partition coefficient (Wildman–Crippen LogP) is 0.0284. The fourth-order valence-corrected chi connectivity index (χ4v) is 4.50. The maximum Gasteiger partial charge on any atom is 0.263 e. The molecule has 1 saturated heterocycles.